The number of amides is 3. The van der Waals surface area contributed by atoms with Crippen molar-refractivity contribution < 1.29 is 23.1 Å². The topological polar surface area (TPSA) is 85.9 Å². The highest BCUT2D eigenvalue weighted by Crippen LogP contribution is 2.23. The number of morpholine rings is 1. The van der Waals surface area contributed by atoms with E-state index in [0.717, 1.165) is 51.4 Å². The van der Waals surface area contributed by atoms with Crippen LogP contribution in [0.3, 0.4) is 0 Å². The standard InChI is InChI=1S/C23H29F2N5O3/c1-29(2)21-7-5-16(27-23(32)28-17-4-6-19(24)20(25)15-17)14-18(21)22(31)26-8-3-9-30-10-12-33-13-11-30/h4-7,14-15H,3,8-13H2,1-2H3,(H,26,31)(H2,27,28,32). The number of benzene rings is 2. The minimum absolute atomic E-state index is 0.106. The Hall–Kier alpha value is -3.24. The van der Waals surface area contributed by atoms with E-state index in [-0.39, 0.29) is 11.6 Å². The van der Waals surface area contributed by atoms with Crippen LogP contribution in [0.2, 0.25) is 0 Å². The third kappa shape index (κ3) is 7.13. The van der Waals surface area contributed by atoms with Gasteiger partial charge in [0.2, 0.25) is 0 Å². The molecule has 2 aromatic carbocycles. The minimum atomic E-state index is -1.06. The molecule has 3 rings (SSSR count). The highest BCUT2D eigenvalue weighted by atomic mass is 19.2. The molecule has 1 saturated heterocycles. The molecule has 3 amide bonds. The van der Waals surface area contributed by atoms with E-state index in [1.807, 2.05) is 19.0 Å². The Morgan fingerprint density at radius 1 is 1.00 bits per heavy atom. The van der Waals surface area contributed by atoms with Crippen LogP contribution in [0.5, 0.6) is 0 Å². The molecule has 2 aromatic rings. The maximum Gasteiger partial charge on any atom is 0.323 e. The number of nitrogens with one attached hydrogen (secondary N) is 3. The van der Waals surface area contributed by atoms with Crippen LogP contribution < -0.4 is 20.9 Å². The predicted octanol–water partition coefficient (Wildman–Crippen LogP) is 3.13. The van der Waals surface area contributed by atoms with E-state index < -0.39 is 17.7 Å². The van der Waals surface area contributed by atoms with E-state index >= 15 is 0 Å². The second kappa shape index (κ2) is 11.6. The zero-order chi connectivity index (χ0) is 23.8. The predicted molar refractivity (Wildman–Crippen MR) is 124 cm³/mol. The van der Waals surface area contributed by atoms with Gasteiger partial charge in [-0.3, -0.25) is 9.69 Å². The maximum absolute atomic E-state index is 13.3. The SMILES string of the molecule is CN(C)c1ccc(NC(=O)Nc2ccc(F)c(F)c2)cc1C(=O)NCCCN1CCOCC1. The van der Waals surface area contributed by atoms with Crippen molar-refractivity contribution in [2.75, 3.05) is 69.0 Å². The molecular weight excluding hydrogens is 432 g/mol. The Balaban J connectivity index is 1.59. The number of nitrogens with zero attached hydrogens (tertiary/aromatic N) is 2. The van der Waals surface area contributed by atoms with Gasteiger partial charge in [-0.15, -0.1) is 0 Å². The number of halogens is 2. The zero-order valence-corrected chi connectivity index (χ0v) is 18.8. The van der Waals surface area contributed by atoms with Crippen molar-refractivity contribution in [1.82, 2.24) is 10.2 Å². The first-order valence-electron chi connectivity index (χ1n) is 10.8. The Morgan fingerprint density at radius 3 is 2.33 bits per heavy atom. The van der Waals surface area contributed by atoms with E-state index in [2.05, 4.69) is 20.9 Å². The van der Waals surface area contributed by atoms with Gasteiger partial charge in [-0.2, -0.15) is 0 Å². The van der Waals surface area contributed by atoms with Crippen molar-refractivity contribution in [2.24, 2.45) is 0 Å². The Labute approximate surface area is 191 Å². The number of anilines is 3. The van der Waals surface area contributed by atoms with Crippen LogP contribution in [0.15, 0.2) is 36.4 Å². The summed E-state index contributed by atoms with van der Waals surface area (Å²) in [5, 5.41) is 7.99. The summed E-state index contributed by atoms with van der Waals surface area (Å²) >= 11 is 0. The van der Waals surface area contributed by atoms with Gasteiger partial charge in [-0.1, -0.05) is 0 Å². The van der Waals surface area contributed by atoms with Gasteiger partial charge in [0.05, 0.1) is 18.8 Å². The third-order valence-electron chi connectivity index (χ3n) is 5.20. The van der Waals surface area contributed by atoms with Gasteiger partial charge < -0.3 is 25.6 Å². The molecule has 3 N–H and O–H groups in total. The van der Waals surface area contributed by atoms with Crippen LogP contribution in [0.25, 0.3) is 0 Å². The summed E-state index contributed by atoms with van der Waals surface area (Å²) in [6, 6.07) is 7.40. The maximum atomic E-state index is 13.3. The number of ether oxygens (including phenoxy) is 1. The number of hydrogen-bond acceptors (Lipinski definition) is 5. The molecule has 1 fully saturated rings. The van der Waals surface area contributed by atoms with E-state index in [0.29, 0.717) is 23.5 Å². The summed E-state index contributed by atoms with van der Waals surface area (Å²) in [6.45, 7) is 4.69. The van der Waals surface area contributed by atoms with Gasteiger partial charge in [-0.05, 0) is 43.3 Å². The molecule has 0 bridgehead atoms. The molecule has 33 heavy (non-hydrogen) atoms. The average molecular weight is 462 g/mol. The van der Waals surface area contributed by atoms with Crippen LogP contribution in [0.1, 0.15) is 16.8 Å². The molecule has 10 heteroatoms. The molecule has 0 radical (unpaired) electrons. The van der Waals surface area contributed by atoms with Crippen LogP contribution in [0, 0.1) is 11.6 Å². The summed E-state index contributed by atoms with van der Waals surface area (Å²) in [5.41, 5.74) is 1.61. The monoisotopic (exact) mass is 461 g/mol. The van der Waals surface area contributed by atoms with Crippen LogP contribution in [-0.2, 0) is 4.74 Å². The fourth-order valence-electron chi connectivity index (χ4n) is 3.48. The van der Waals surface area contributed by atoms with Crippen molar-refractivity contribution in [3.63, 3.8) is 0 Å². The first kappa shape index (κ1) is 24.4. The Kier molecular flexibility index (Phi) is 8.56. The number of carbonyl (C=O) groups excluding carboxylic acids is 2. The lowest BCUT2D eigenvalue weighted by Gasteiger charge is -2.26. The first-order valence-corrected chi connectivity index (χ1v) is 10.8. The summed E-state index contributed by atoms with van der Waals surface area (Å²) in [5.74, 6) is -2.30. The lowest BCUT2D eigenvalue weighted by molar-refractivity contribution is 0.0374. The molecule has 8 nitrogen and oxygen atoms in total. The molecule has 1 aliphatic rings. The van der Waals surface area contributed by atoms with Crippen molar-refractivity contribution in [3.05, 3.63) is 53.6 Å². The lowest BCUT2D eigenvalue weighted by atomic mass is 10.1. The second-order valence-corrected chi connectivity index (χ2v) is 7.90. The van der Waals surface area contributed by atoms with E-state index in [1.165, 1.54) is 6.07 Å². The van der Waals surface area contributed by atoms with Gasteiger partial charge >= 0.3 is 6.03 Å². The van der Waals surface area contributed by atoms with Gasteiger partial charge in [-0.25, -0.2) is 13.6 Å². The van der Waals surface area contributed by atoms with E-state index in [1.54, 1.807) is 18.2 Å². The number of carbonyl (C=O) groups is 2. The highest BCUT2D eigenvalue weighted by molar-refractivity contribution is 6.03. The fourth-order valence-corrected chi connectivity index (χ4v) is 3.48. The highest BCUT2D eigenvalue weighted by Gasteiger charge is 2.16. The molecule has 0 saturated carbocycles. The number of urea groups is 1. The molecule has 0 aromatic heterocycles. The largest absolute Gasteiger partial charge is 0.379 e. The third-order valence-corrected chi connectivity index (χ3v) is 5.20. The van der Waals surface area contributed by atoms with Gasteiger partial charge in [0.25, 0.3) is 5.91 Å². The molecular formula is C23H29F2N5O3. The lowest BCUT2D eigenvalue weighted by Crippen LogP contribution is -2.38. The van der Waals surface area contributed by atoms with Gasteiger partial charge in [0.15, 0.2) is 11.6 Å². The summed E-state index contributed by atoms with van der Waals surface area (Å²) in [7, 11) is 3.65. The molecule has 178 valence electrons. The first-order chi connectivity index (χ1) is 15.8. The van der Waals surface area contributed by atoms with Crippen molar-refractivity contribution in [3.8, 4) is 0 Å². The summed E-state index contributed by atoms with van der Waals surface area (Å²) < 4.78 is 31.7. The summed E-state index contributed by atoms with van der Waals surface area (Å²) in [4.78, 5) is 29.2. The van der Waals surface area contributed by atoms with Crippen molar-refractivity contribution >= 4 is 29.0 Å². The molecule has 0 aliphatic carbocycles. The zero-order valence-electron chi connectivity index (χ0n) is 18.8. The number of hydrogen-bond donors (Lipinski definition) is 3. The average Bonchev–Trinajstić information content (AvgIpc) is 2.79. The normalized spacial score (nSPS) is 13.9. The Morgan fingerprint density at radius 2 is 1.67 bits per heavy atom. The fraction of sp³-hybridized carbons (Fsp3) is 0.391. The number of rotatable bonds is 8. The molecule has 0 unspecified atom stereocenters. The smallest absolute Gasteiger partial charge is 0.323 e. The van der Waals surface area contributed by atoms with Crippen molar-refractivity contribution in [2.45, 2.75) is 6.42 Å². The second-order valence-electron chi connectivity index (χ2n) is 7.90. The molecule has 0 spiro atoms. The van der Waals surface area contributed by atoms with Crippen LogP contribution in [0.4, 0.5) is 30.6 Å². The van der Waals surface area contributed by atoms with Crippen LogP contribution >= 0.6 is 0 Å². The molecule has 1 heterocycles. The quantitative estimate of drug-likeness (QED) is 0.526. The Bertz CT molecular complexity index is 981. The summed E-state index contributed by atoms with van der Waals surface area (Å²) in [6.07, 6.45) is 0.817. The van der Waals surface area contributed by atoms with Gasteiger partial charge in [0, 0.05) is 56.9 Å². The van der Waals surface area contributed by atoms with Gasteiger partial charge in [0.1, 0.15) is 0 Å². The minimum Gasteiger partial charge on any atom is -0.379 e. The van der Waals surface area contributed by atoms with E-state index in [4.69, 9.17) is 4.74 Å². The molecule has 0 atom stereocenters. The van der Waals surface area contributed by atoms with E-state index in [9.17, 15) is 18.4 Å². The van der Waals surface area contributed by atoms with Crippen molar-refractivity contribution in [1.29, 1.82) is 0 Å². The molecule has 1 aliphatic heterocycles. The van der Waals surface area contributed by atoms with Crippen LogP contribution in [-0.4, -0.2) is 70.3 Å².